The number of ether oxygens (including phenoxy) is 1. The Balaban J connectivity index is 1.63. The third kappa shape index (κ3) is 4.44. The van der Waals surface area contributed by atoms with Crippen LogP contribution in [-0.2, 0) is 19.8 Å². The highest BCUT2D eigenvalue weighted by Crippen LogP contribution is 2.17. The minimum atomic E-state index is -0.134. The number of amides is 1. The maximum Gasteiger partial charge on any atom is 0.274 e. The van der Waals surface area contributed by atoms with Gasteiger partial charge in [0.25, 0.3) is 5.91 Å². The van der Waals surface area contributed by atoms with E-state index in [4.69, 9.17) is 4.74 Å². The zero-order valence-corrected chi connectivity index (χ0v) is 18.1. The molecular formula is C20H24BrN5O2. The molecule has 7 nitrogen and oxygen atoms in total. The largest absolute Gasteiger partial charge is 0.471 e. The van der Waals surface area contributed by atoms with Crippen molar-refractivity contribution in [2.45, 2.75) is 40.6 Å². The number of carbonyl (C=O) groups excluding carboxylic acids is 1. The van der Waals surface area contributed by atoms with Crippen molar-refractivity contribution in [1.29, 1.82) is 0 Å². The lowest BCUT2D eigenvalue weighted by Crippen LogP contribution is -2.27. The van der Waals surface area contributed by atoms with Gasteiger partial charge in [-0.05, 0) is 51.1 Å². The Morgan fingerprint density at radius 2 is 1.89 bits per heavy atom. The van der Waals surface area contributed by atoms with Gasteiger partial charge in [0, 0.05) is 42.1 Å². The van der Waals surface area contributed by atoms with Crippen LogP contribution in [0, 0.1) is 13.8 Å². The van der Waals surface area contributed by atoms with Crippen LogP contribution in [0.1, 0.15) is 34.4 Å². The summed E-state index contributed by atoms with van der Waals surface area (Å²) in [4.78, 5) is 14.4. The average molecular weight is 446 g/mol. The van der Waals surface area contributed by atoms with Crippen LogP contribution in [0.4, 0.5) is 0 Å². The summed E-state index contributed by atoms with van der Waals surface area (Å²) in [5.74, 6) is 0.605. The fourth-order valence-corrected chi connectivity index (χ4v) is 3.26. The van der Waals surface area contributed by atoms with Gasteiger partial charge in [0.1, 0.15) is 5.75 Å². The number of benzene rings is 1. The minimum absolute atomic E-state index is 0.134. The molecule has 0 aliphatic heterocycles. The maximum absolute atomic E-state index is 12.7. The molecule has 0 spiro atoms. The second-order valence-corrected chi connectivity index (χ2v) is 7.51. The number of hydrogen-bond donors (Lipinski definition) is 0. The summed E-state index contributed by atoms with van der Waals surface area (Å²) in [5.41, 5.74) is 3.51. The molecule has 0 bridgehead atoms. The van der Waals surface area contributed by atoms with E-state index >= 15 is 0 Å². The molecule has 0 saturated carbocycles. The van der Waals surface area contributed by atoms with E-state index in [-0.39, 0.29) is 12.6 Å². The molecule has 0 atom stereocenters. The summed E-state index contributed by atoms with van der Waals surface area (Å²) in [7, 11) is 1.78. The first-order valence-corrected chi connectivity index (χ1v) is 9.88. The van der Waals surface area contributed by atoms with Gasteiger partial charge < -0.3 is 9.64 Å². The van der Waals surface area contributed by atoms with E-state index in [1.165, 1.54) is 0 Å². The number of nitrogens with zero attached hydrogens (tertiary/aromatic N) is 5. The summed E-state index contributed by atoms with van der Waals surface area (Å²) < 4.78 is 10.2. The van der Waals surface area contributed by atoms with Crippen molar-refractivity contribution < 1.29 is 9.53 Å². The maximum atomic E-state index is 12.7. The molecule has 1 amide bonds. The van der Waals surface area contributed by atoms with Gasteiger partial charge in [0.05, 0.1) is 5.69 Å². The summed E-state index contributed by atoms with van der Waals surface area (Å²) in [6, 6.07) is 9.27. The number of aromatic nitrogens is 4. The fraction of sp³-hybridized carbons (Fsp3) is 0.350. The highest BCUT2D eigenvalue weighted by Gasteiger charge is 2.19. The minimum Gasteiger partial charge on any atom is -0.471 e. The molecule has 2 heterocycles. The number of carbonyl (C=O) groups is 1. The van der Waals surface area contributed by atoms with Crippen LogP contribution >= 0.6 is 15.9 Å². The van der Waals surface area contributed by atoms with Gasteiger partial charge in [-0.2, -0.15) is 10.2 Å². The fourth-order valence-electron chi connectivity index (χ4n) is 2.99. The van der Waals surface area contributed by atoms with Crippen LogP contribution in [0.2, 0.25) is 0 Å². The number of aryl methyl sites for hydroxylation is 2. The smallest absolute Gasteiger partial charge is 0.274 e. The third-order valence-corrected chi connectivity index (χ3v) is 5.14. The molecule has 148 valence electrons. The second kappa shape index (κ2) is 8.60. The van der Waals surface area contributed by atoms with Gasteiger partial charge in [-0.15, -0.1) is 0 Å². The topological polar surface area (TPSA) is 65.2 Å². The average Bonchev–Trinajstić information content (AvgIpc) is 3.26. The first-order valence-electron chi connectivity index (χ1n) is 9.09. The summed E-state index contributed by atoms with van der Waals surface area (Å²) in [6.45, 7) is 7.61. The van der Waals surface area contributed by atoms with Gasteiger partial charge in [-0.1, -0.05) is 15.9 Å². The van der Waals surface area contributed by atoms with Crippen molar-refractivity contribution in [2.75, 3.05) is 7.05 Å². The van der Waals surface area contributed by atoms with Crippen LogP contribution in [0.3, 0.4) is 0 Å². The molecule has 3 aromatic rings. The molecule has 0 aliphatic rings. The third-order valence-electron chi connectivity index (χ3n) is 4.61. The van der Waals surface area contributed by atoms with Crippen molar-refractivity contribution in [3.8, 4) is 5.75 Å². The lowest BCUT2D eigenvalue weighted by molar-refractivity contribution is 0.0776. The first kappa shape index (κ1) is 20.1. The van der Waals surface area contributed by atoms with Gasteiger partial charge in [-0.25, -0.2) is 4.68 Å². The van der Waals surface area contributed by atoms with Gasteiger partial charge >= 0.3 is 0 Å². The molecule has 0 radical (unpaired) electrons. The quantitative estimate of drug-likeness (QED) is 0.554. The molecule has 0 unspecified atom stereocenters. The van der Waals surface area contributed by atoms with Crippen molar-refractivity contribution >= 4 is 21.8 Å². The molecule has 8 heteroatoms. The monoisotopic (exact) mass is 445 g/mol. The normalized spacial score (nSPS) is 10.9. The molecular weight excluding hydrogens is 422 g/mol. The van der Waals surface area contributed by atoms with Crippen molar-refractivity contribution in [2.24, 2.45) is 0 Å². The summed E-state index contributed by atoms with van der Waals surface area (Å²) >= 11 is 3.39. The first-order chi connectivity index (χ1) is 13.4. The lowest BCUT2D eigenvalue weighted by atomic mass is 10.2. The molecule has 0 aliphatic carbocycles. The molecule has 28 heavy (non-hydrogen) atoms. The number of halogens is 1. The van der Waals surface area contributed by atoms with E-state index < -0.39 is 0 Å². The molecule has 0 fully saturated rings. The molecule has 2 aromatic heterocycles. The van der Waals surface area contributed by atoms with Gasteiger partial charge in [0.2, 0.25) is 0 Å². The lowest BCUT2D eigenvalue weighted by Gasteiger charge is -2.16. The molecule has 1 aromatic carbocycles. The highest BCUT2D eigenvalue weighted by molar-refractivity contribution is 9.10. The molecule has 3 rings (SSSR count). The van der Waals surface area contributed by atoms with E-state index in [0.717, 1.165) is 33.7 Å². The van der Waals surface area contributed by atoms with E-state index in [9.17, 15) is 4.79 Å². The predicted octanol–water partition coefficient (Wildman–Crippen LogP) is 3.79. The van der Waals surface area contributed by atoms with E-state index in [2.05, 4.69) is 33.1 Å². The van der Waals surface area contributed by atoms with Crippen molar-refractivity contribution in [1.82, 2.24) is 24.5 Å². The van der Waals surface area contributed by atoms with Gasteiger partial charge in [0.15, 0.2) is 12.4 Å². The summed E-state index contributed by atoms with van der Waals surface area (Å²) in [5, 5.41) is 8.86. The number of hydrogen-bond acceptors (Lipinski definition) is 4. The standard InChI is InChI=1S/C20H24BrN5O2/c1-5-26-15(3)18(14(2)22-26)12-24(4)20(27)19-10-11-25(23-19)13-28-17-8-6-16(21)7-9-17/h6-11H,5,12-13H2,1-4H3. The predicted molar refractivity (Wildman–Crippen MR) is 110 cm³/mol. The Labute approximate surface area is 173 Å². The van der Waals surface area contributed by atoms with Crippen LogP contribution in [0.5, 0.6) is 5.75 Å². The van der Waals surface area contributed by atoms with E-state index in [1.54, 1.807) is 28.9 Å². The number of rotatable bonds is 7. The van der Waals surface area contributed by atoms with E-state index in [1.807, 2.05) is 42.8 Å². The van der Waals surface area contributed by atoms with Gasteiger partial charge in [-0.3, -0.25) is 9.48 Å². The van der Waals surface area contributed by atoms with Crippen LogP contribution in [-0.4, -0.2) is 37.4 Å². The second-order valence-electron chi connectivity index (χ2n) is 6.59. The zero-order valence-electron chi connectivity index (χ0n) is 16.5. The Hall–Kier alpha value is -2.61. The summed E-state index contributed by atoms with van der Waals surface area (Å²) in [6.07, 6.45) is 1.74. The Morgan fingerprint density at radius 1 is 1.18 bits per heavy atom. The van der Waals surface area contributed by atoms with Crippen LogP contribution in [0.15, 0.2) is 41.0 Å². The van der Waals surface area contributed by atoms with Crippen LogP contribution in [0.25, 0.3) is 0 Å². The highest BCUT2D eigenvalue weighted by atomic mass is 79.9. The molecule has 0 N–H and O–H groups in total. The van der Waals surface area contributed by atoms with E-state index in [0.29, 0.717) is 12.2 Å². The molecule has 0 saturated heterocycles. The zero-order chi connectivity index (χ0) is 20.3. The Morgan fingerprint density at radius 3 is 2.54 bits per heavy atom. The van der Waals surface area contributed by atoms with Crippen molar-refractivity contribution in [3.63, 3.8) is 0 Å². The SMILES string of the molecule is CCn1nc(C)c(CN(C)C(=O)c2ccn(COc3ccc(Br)cc3)n2)c1C. The van der Waals surface area contributed by atoms with Crippen molar-refractivity contribution in [3.05, 3.63) is 63.6 Å². The Bertz CT molecular complexity index is 962. The van der Waals surface area contributed by atoms with Crippen LogP contribution < -0.4 is 4.74 Å². The Kier molecular flexibility index (Phi) is 6.18.